The van der Waals surface area contributed by atoms with Gasteiger partial charge in [0.1, 0.15) is 0 Å². The SMILES string of the molecule is CC(NCCC1CCN(C)CC1)C(N)=O. The number of primary amides is 1. The summed E-state index contributed by atoms with van der Waals surface area (Å²) in [5.74, 6) is 0.548. The van der Waals surface area contributed by atoms with Gasteiger partial charge in [-0.15, -0.1) is 0 Å². The fraction of sp³-hybridized carbons (Fsp3) is 0.909. The molecular weight excluding hydrogens is 190 g/mol. The summed E-state index contributed by atoms with van der Waals surface area (Å²) in [4.78, 5) is 13.1. The van der Waals surface area contributed by atoms with Gasteiger partial charge >= 0.3 is 0 Å². The van der Waals surface area contributed by atoms with Gasteiger partial charge in [0.15, 0.2) is 0 Å². The number of nitrogens with zero attached hydrogens (tertiary/aromatic N) is 1. The lowest BCUT2D eigenvalue weighted by Crippen LogP contribution is -2.40. The van der Waals surface area contributed by atoms with Crippen LogP contribution < -0.4 is 11.1 Å². The van der Waals surface area contributed by atoms with Gasteiger partial charge in [-0.1, -0.05) is 0 Å². The van der Waals surface area contributed by atoms with Crippen LogP contribution in [0.1, 0.15) is 26.2 Å². The predicted molar refractivity (Wildman–Crippen MR) is 61.5 cm³/mol. The number of nitrogens with two attached hydrogens (primary N) is 1. The summed E-state index contributed by atoms with van der Waals surface area (Å²) in [6, 6.07) is -0.198. The number of carbonyl (C=O) groups is 1. The highest BCUT2D eigenvalue weighted by Gasteiger charge is 2.16. The third-order valence-corrected chi connectivity index (χ3v) is 3.27. The first-order valence-electron chi connectivity index (χ1n) is 5.81. The third-order valence-electron chi connectivity index (χ3n) is 3.27. The number of piperidine rings is 1. The van der Waals surface area contributed by atoms with E-state index in [1.165, 1.54) is 25.9 Å². The lowest BCUT2D eigenvalue weighted by molar-refractivity contribution is -0.119. The Kier molecular flexibility index (Phi) is 5.05. The van der Waals surface area contributed by atoms with Crippen molar-refractivity contribution in [1.82, 2.24) is 10.2 Å². The van der Waals surface area contributed by atoms with E-state index in [2.05, 4.69) is 17.3 Å². The van der Waals surface area contributed by atoms with Crippen molar-refractivity contribution in [3.8, 4) is 0 Å². The second-order valence-corrected chi connectivity index (χ2v) is 4.61. The number of carbonyl (C=O) groups excluding carboxylic acids is 1. The zero-order valence-corrected chi connectivity index (χ0v) is 9.83. The molecule has 1 fully saturated rings. The minimum Gasteiger partial charge on any atom is -0.368 e. The zero-order chi connectivity index (χ0) is 11.3. The molecule has 1 saturated heterocycles. The van der Waals surface area contributed by atoms with Crippen LogP contribution in [0.15, 0.2) is 0 Å². The van der Waals surface area contributed by atoms with E-state index in [0.29, 0.717) is 0 Å². The van der Waals surface area contributed by atoms with Crippen LogP contribution in [0.25, 0.3) is 0 Å². The predicted octanol–water partition coefficient (Wildman–Crippen LogP) is 0.182. The van der Waals surface area contributed by atoms with Crippen molar-refractivity contribution in [3.05, 3.63) is 0 Å². The van der Waals surface area contributed by atoms with Gasteiger partial charge < -0.3 is 16.0 Å². The molecule has 0 spiro atoms. The molecule has 4 nitrogen and oxygen atoms in total. The van der Waals surface area contributed by atoms with Gasteiger partial charge in [-0.25, -0.2) is 0 Å². The highest BCUT2D eigenvalue weighted by Crippen LogP contribution is 2.18. The summed E-state index contributed by atoms with van der Waals surface area (Å²) in [6.07, 6.45) is 3.72. The Balaban J connectivity index is 2.07. The summed E-state index contributed by atoms with van der Waals surface area (Å²) >= 11 is 0. The molecule has 0 aromatic carbocycles. The molecule has 3 N–H and O–H groups in total. The van der Waals surface area contributed by atoms with Crippen LogP contribution in [0.4, 0.5) is 0 Å². The largest absolute Gasteiger partial charge is 0.368 e. The molecule has 1 amide bonds. The van der Waals surface area contributed by atoms with Crippen molar-refractivity contribution >= 4 is 5.91 Å². The molecule has 1 aliphatic rings. The Morgan fingerprint density at radius 3 is 2.67 bits per heavy atom. The highest BCUT2D eigenvalue weighted by atomic mass is 16.1. The van der Waals surface area contributed by atoms with Crippen LogP contribution in [-0.4, -0.2) is 43.5 Å². The Hall–Kier alpha value is -0.610. The Morgan fingerprint density at radius 1 is 1.53 bits per heavy atom. The van der Waals surface area contributed by atoms with E-state index in [9.17, 15) is 4.79 Å². The molecule has 88 valence electrons. The third kappa shape index (κ3) is 4.62. The van der Waals surface area contributed by atoms with Gasteiger partial charge in [0, 0.05) is 0 Å². The van der Waals surface area contributed by atoms with Crippen LogP contribution in [-0.2, 0) is 4.79 Å². The quantitative estimate of drug-likeness (QED) is 0.685. The van der Waals surface area contributed by atoms with Crippen LogP contribution >= 0.6 is 0 Å². The van der Waals surface area contributed by atoms with Gasteiger partial charge in [-0.2, -0.15) is 0 Å². The molecule has 15 heavy (non-hydrogen) atoms. The fourth-order valence-corrected chi connectivity index (χ4v) is 1.96. The summed E-state index contributed by atoms with van der Waals surface area (Å²) in [7, 11) is 2.17. The number of rotatable bonds is 5. The van der Waals surface area contributed by atoms with Crippen LogP contribution in [0, 0.1) is 5.92 Å². The van der Waals surface area contributed by atoms with Gasteiger partial charge in [0.05, 0.1) is 6.04 Å². The first-order chi connectivity index (χ1) is 7.09. The van der Waals surface area contributed by atoms with Crippen LogP contribution in [0.2, 0.25) is 0 Å². The maximum Gasteiger partial charge on any atom is 0.234 e. The molecule has 1 atom stereocenters. The zero-order valence-electron chi connectivity index (χ0n) is 9.83. The molecule has 0 aromatic heterocycles. The summed E-state index contributed by atoms with van der Waals surface area (Å²) < 4.78 is 0. The molecule has 1 unspecified atom stereocenters. The number of nitrogens with one attached hydrogen (secondary N) is 1. The van der Waals surface area contributed by atoms with E-state index < -0.39 is 0 Å². The number of amides is 1. The van der Waals surface area contributed by atoms with E-state index in [0.717, 1.165) is 18.9 Å². The second kappa shape index (κ2) is 6.08. The summed E-state index contributed by atoms with van der Waals surface area (Å²) in [6.45, 7) is 5.13. The van der Waals surface area contributed by atoms with Crippen molar-refractivity contribution in [2.24, 2.45) is 11.7 Å². The van der Waals surface area contributed by atoms with E-state index in [1.807, 2.05) is 6.92 Å². The van der Waals surface area contributed by atoms with E-state index in [-0.39, 0.29) is 11.9 Å². The van der Waals surface area contributed by atoms with Crippen molar-refractivity contribution in [3.63, 3.8) is 0 Å². The van der Waals surface area contributed by atoms with E-state index in [1.54, 1.807) is 0 Å². The van der Waals surface area contributed by atoms with Crippen molar-refractivity contribution in [2.75, 3.05) is 26.7 Å². The maximum atomic E-state index is 10.8. The lowest BCUT2D eigenvalue weighted by atomic mass is 9.94. The highest BCUT2D eigenvalue weighted by molar-refractivity contribution is 5.79. The molecule has 1 heterocycles. The average molecular weight is 213 g/mol. The number of hydrogen-bond acceptors (Lipinski definition) is 3. The van der Waals surface area contributed by atoms with Crippen LogP contribution in [0.5, 0.6) is 0 Å². The van der Waals surface area contributed by atoms with Crippen molar-refractivity contribution in [1.29, 1.82) is 0 Å². The molecule has 1 rings (SSSR count). The standard InChI is InChI=1S/C11H23N3O/c1-9(11(12)15)13-6-3-10-4-7-14(2)8-5-10/h9-10,13H,3-8H2,1-2H3,(H2,12,15). The average Bonchev–Trinajstić information content (AvgIpc) is 2.20. The summed E-state index contributed by atoms with van der Waals surface area (Å²) in [5.41, 5.74) is 5.17. The minimum absolute atomic E-state index is 0.198. The van der Waals surface area contributed by atoms with Gasteiger partial charge in [0.2, 0.25) is 5.91 Å². The Morgan fingerprint density at radius 2 is 2.13 bits per heavy atom. The van der Waals surface area contributed by atoms with E-state index in [4.69, 9.17) is 5.73 Å². The molecule has 0 aliphatic carbocycles. The Bertz CT molecular complexity index is 200. The molecule has 0 bridgehead atoms. The maximum absolute atomic E-state index is 10.8. The molecule has 4 heteroatoms. The molecule has 1 aliphatic heterocycles. The molecule has 0 radical (unpaired) electrons. The van der Waals surface area contributed by atoms with Gasteiger partial charge in [-0.05, 0) is 58.8 Å². The van der Waals surface area contributed by atoms with Gasteiger partial charge in [-0.3, -0.25) is 4.79 Å². The van der Waals surface area contributed by atoms with Crippen molar-refractivity contribution < 1.29 is 4.79 Å². The molecular formula is C11H23N3O. The smallest absolute Gasteiger partial charge is 0.234 e. The van der Waals surface area contributed by atoms with Crippen molar-refractivity contribution in [2.45, 2.75) is 32.2 Å². The minimum atomic E-state index is -0.265. The fourth-order valence-electron chi connectivity index (χ4n) is 1.96. The molecule has 0 aromatic rings. The Labute approximate surface area is 92.2 Å². The lowest BCUT2D eigenvalue weighted by Gasteiger charge is -2.29. The second-order valence-electron chi connectivity index (χ2n) is 4.61. The van der Waals surface area contributed by atoms with Crippen LogP contribution in [0.3, 0.4) is 0 Å². The van der Waals surface area contributed by atoms with E-state index >= 15 is 0 Å². The normalized spacial score (nSPS) is 21.5. The topological polar surface area (TPSA) is 58.4 Å². The number of likely N-dealkylation sites (tertiary alicyclic amines) is 1. The first kappa shape index (κ1) is 12.5. The van der Waals surface area contributed by atoms with Gasteiger partial charge in [0.25, 0.3) is 0 Å². The monoisotopic (exact) mass is 213 g/mol. The first-order valence-corrected chi connectivity index (χ1v) is 5.81. The summed E-state index contributed by atoms with van der Waals surface area (Å²) in [5, 5.41) is 3.15. The molecule has 0 saturated carbocycles. The number of hydrogen-bond donors (Lipinski definition) is 2.